The molecule has 0 spiro atoms. The van der Waals surface area contributed by atoms with E-state index in [4.69, 9.17) is 10.2 Å². The van der Waals surface area contributed by atoms with Gasteiger partial charge in [0, 0.05) is 6.42 Å². The zero-order valence-corrected chi connectivity index (χ0v) is 4.50. The second-order valence-corrected chi connectivity index (χ2v) is 1.47. The molecule has 0 atom stereocenters. The van der Waals surface area contributed by atoms with Crippen molar-refractivity contribution in [3.63, 3.8) is 0 Å². The smallest absolute Gasteiger partial charge is 0.303 e. The number of carboxylic acid groups (broad SMARTS) is 1. The monoisotopic (exact) mass is 117 g/mol. The van der Waals surface area contributed by atoms with Crippen LogP contribution < -0.4 is 0 Å². The summed E-state index contributed by atoms with van der Waals surface area (Å²) >= 11 is 0. The highest BCUT2D eigenvalue weighted by molar-refractivity contribution is 5.66. The molecule has 2 N–H and O–H groups in total. The van der Waals surface area contributed by atoms with Crippen molar-refractivity contribution >= 4 is 5.97 Å². The minimum atomic E-state index is -0.813. The molecule has 8 heavy (non-hydrogen) atoms. The van der Waals surface area contributed by atoms with Gasteiger partial charge < -0.3 is 10.2 Å². The van der Waals surface area contributed by atoms with E-state index in [9.17, 15) is 4.79 Å². The molecule has 0 bridgehead atoms. The third-order valence-corrected chi connectivity index (χ3v) is 0.724. The molecule has 47 valence electrons. The lowest BCUT2D eigenvalue weighted by molar-refractivity contribution is -0.137. The summed E-state index contributed by atoms with van der Waals surface area (Å²) < 4.78 is 0. The SMILES string of the molecule is O=C(O)CCC[CH]O. The third kappa shape index (κ3) is 5.43. The van der Waals surface area contributed by atoms with E-state index >= 15 is 0 Å². The number of hydrogen-bond acceptors (Lipinski definition) is 2. The van der Waals surface area contributed by atoms with Crippen molar-refractivity contribution in [2.45, 2.75) is 19.3 Å². The van der Waals surface area contributed by atoms with Crippen LogP contribution in [0.4, 0.5) is 0 Å². The first-order valence-electron chi connectivity index (χ1n) is 2.45. The minimum Gasteiger partial charge on any atom is -0.481 e. The lowest BCUT2D eigenvalue weighted by Crippen LogP contribution is -1.93. The van der Waals surface area contributed by atoms with Gasteiger partial charge in [-0.3, -0.25) is 4.79 Å². The van der Waals surface area contributed by atoms with Crippen molar-refractivity contribution in [3.05, 3.63) is 6.61 Å². The van der Waals surface area contributed by atoms with Crippen molar-refractivity contribution in [3.8, 4) is 0 Å². The summed E-state index contributed by atoms with van der Waals surface area (Å²) in [6.45, 7) is 0.975. The Kier molecular flexibility index (Phi) is 4.26. The van der Waals surface area contributed by atoms with Crippen LogP contribution in [0.5, 0.6) is 0 Å². The van der Waals surface area contributed by atoms with E-state index in [1.54, 1.807) is 0 Å². The largest absolute Gasteiger partial charge is 0.481 e. The average molecular weight is 117 g/mol. The summed E-state index contributed by atoms with van der Waals surface area (Å²) in [6.07, 6.45) is 1.12. The maximum Gasteiger partial charge on any atom is 0.303 e. The Morgan fingerprint density at radius 3 is 2.62 bits per heavy atom. The first kappa shape index (κ1) is 7.43. The van der Waals surface area contributed by atoms with Crippen molar-refractivity contribution in [2.75, 3.05) is 0 Å². The molecule has 0 aliphatic heterocycles. The van der Waals surface area contributed by atoms with E-state index in [0.717, 1.165) is 6.61 Å². The molecule has 0 saturated heterocycles. The van der Waals surface area contributed by atoms with E-state index in [0.29, 0.717) is 12.8 Å². The highest BCUT2D eigenvalue weighted by Gasteiger charge is 1.93. The van der Waals surface area contributed by atoms with Gasteiger partial charge in [-0.15, -0.1) is 0 Å². The quantitative estimate of drug-likeness (QED) is 0.535. The van der Waals surface area contributed by atoms with Gasteiger partial charge in [0.1, 0.15) is 0 Å². The van der Waals surface area contributed by atoms with Crippen LogP contribution in [0.15, 0.2) is 0 Å². The summed E-state index contributed by atoms with van der Waals surface area (Å²) in [5, 5.41) is 16.1. The number of unbranched alkanes of at least 4 members (excludes halogenated alkanes) is 1. The zero-order valence-electron chi connectivity index (χ0n) is 4.50. The Balaban J connectivity index is 2.82. The van der Waals surface area contributed by atoms with E-state index in [2.05, 4.69) is 0 Å². The van der Waals surface area contributed by atoms with Crippen LogP contribution in [0.2, 0.25) is 0 Å². The van der Waals surface area contributed by atoms with E-state index < -0.39 is 5.97 Å². The van der Waals surface area contributed by atoms with Crippen molar-refractivity contribution in [1.82, 2.24) is 0 Å². The van der Waals surface area contributed by atoms with Gasteiger partial charge in [-0.25, -0.2) is 0 Å². The van der Waals surface area contributed by atoms with Gasteiger partial charge >= 0.3 is 5.97 Å². The van der Waals surface area contributed by atoms with Crippen LogP contribution in [-0.4, -0.2) is 16.2 Å². The van der Waals surface area contributed by atoms with Crippen molar-refractivity contribution in [2.24, 2.45) is 0 Å². The lowest BCUT2D eigenvalue weighted by atomic mass is 10.2. The average Bonchev–Trinajstić information content (AvgIpc) is 1.66. The van der Waals surface area contributed by atoms with Crippen LogP contribution >= 0.6 is 0 Å². The van der Waals surface area contributed by atoms with Crippen LogP contribution in [-0.2, 0) is 4.79 Å². The van der Waals surface area contributed by atoms with E-state index in [1.165, 1.54) is 0 Å². The van der Waals surface area contributed by atoms with E-state index in [-0.39, 0.29) is 6.42 Å². The molecule has 0 aromatic rings. The second kappa shape index (κ2) is 4.59. The fourth-order valence-corrected chi connectivity index (χ4v) is 0.345. The molecule has 0 aromatic heterocycles. The predicted octanol–water partition coefficient (Wildman–Crippen LogP) is 0.776. The Morgan fingerprint density at radius 1 is 1.62 bits per heavy atom. The maximum atomic E-state index is 9.78. The summed E-state index contributed by atoms with van der Waals surface area (Å²) in [4.78, 5) is 9.78. The summed E-state index contributed by atoms with van der Waals surface area (Å²) in [5.74, 6) is -0.813. The zero-order chi connectivity index (χ0) is 6.41. The highest BCUT2D eigenvalue weighted by Crippen LogP contribution is 1.94. The second-order valence-electron chi connectivity index (χ2n) is 1.47. The summed E-state index contributed by atoms with van der Waals surface area (Å²) in [5.41, 5.74) is 0. The van der Waals surface area contributed by atoms with Gasteiger partial charge in [-0.1, -0.05) is 0 Å². The Bertz CT molecular complexity index is 70.1. The van der Waals surface area contributed by atoms with Crippen LogP contribution in [0, 0.1) is 6.61 Å². The molecule has 1 radical (unpaired) electrons. The maximum absolute atomic E-state index is 9.78. The predicted molar refractivity (Wildman–Crippen MR) is 27.7 cm³/mol. The number of aliphatic hydroxyl groups excluding tert-OH is 1. The molecular weight excluding hydrogens is 108 g/mol. The topological polar surface area (TPSA) is 57.5 Å². The molecule has 0 amide bonds. The molecule has 0 aromatic carbocycles. The number of hydrogen-bond donors (Lipinski definition) is 2. The number of carboxylic acids is 1. The number of aliphatic carboxylic acids is 1. The fraction of sp³-hybridized carbons (Fsp3) is 0.600. The molecule has 0 rings (SSSR count). The number of aliphatic hydroxyl groups is 1. The summed E-state index contributed by atoms with van der Waals surface area (Å²) in [7, 11) is 0. The van der Waals surface area contributed by atoms with Crippen LogP contribution in [0.1, 0.15) is 19.3 Å². The molecule has 3 nitrogen and oxygen atoms in total. The number of carbonyl (C=O) groups is 1. The standard InChI is InChI=1S/C5H9O3/c6-4-2-1-3-5(7)8/h4,6H,1-3H2,(H,7,8). The Hall–Kier alpha value is -0.570. The van der Waals surface area contributed by atoms with Crippen molar-refractivity contribution in [1.29, 1.82) is 0 Å². The van der Waals surface area contributed by atoms with Gasteiger partial charge in [0.25, 0.3) is 0 Å². The molecule has 0 aliphatic carbocycles. The Labute approximate surface area is 47.9 Å². The molecule has 0 unspecified atom stereocenters. The molecule has 0 heterocycles. The van der Waals surface area contributed by atoms with Gasteiger partial charge in [-0.2, -0.15) is 0 Å². The normalized spacial score (nSPS) is 9.12. The molecular formula is C5H9O3. The van der Waals surface area contributed by atoms with Crippen LogP contribution in [0.3, 0.4) is 0 Å². The fourth-order valence-electron chi connectivity index (χ4n) is 0.345. The molecule has 3 heteroatoms. The number of rotatable bonds is 4. The molecule has 0 aliphatic rings. The van der Waals surface area contributed by atoms with Gasteiger partial charge in [-0.05, 0) is 12.8 Å². The van der Waals surface area contributed by atoms with Gasteiger partial charge in [0.2, 0.25) is 0 Å². The van der Waals surface area contributed by atoms with Crippen molar-refractivity contribution < 1.29 is 15.0 Å². The lowest BCUT2D eigenvalue weighted by Gasteiger charge is -1.88. The summed E-state index contributed by atoms with van der Waals surface area (Å²) in [6, 6.07) is 0. The van der Waals surface area contributed by atoms with E-state index in [1.807, 2.05) is 0 Å². The Morgan fingerprint density at radius 2 is 2.25 bits per heavy atom. The molecule has 0 fully saturated rings. The first-order valence-corrected chi connectivity index (χ1v) is 2.45. The van der Waals surface area contributed by atoms with Crippen LogP contribution in [0.25, 0.3) is 0 Å². The first-order chi connectivity index (χ1) is 3.77. The van der Waals surface area contributed by atoms with Gasteiger partial charge in [0.05, 0.1) is 6.61 Å². The highest BCUT2D eigenvalue weighted by atomic mass is 16.4. The minimum absolute atomic E-state index is 0.136. The molecule has 0 saturated carbocycles. The third-order valence-electron chi connectivity index (χ3n) is 0.724. The van der Waals surface area contributed by atoms with Gasteiger partial charge in [0.15, 0.2) is 0 Å².